The minimum atomic E-state index is -3.66. The predicted octanol–water partition coefficient (Wildman–Crippen LogP) is 0.537. The standard InChI is InChI=1S/C14H11N11O2S/c1-4-9-11(13-19-8(2)22-25(13)23-9)20-21-12-10(28(3,26)27)5-18-24(12)14-16-6-15-7-17-14/h1,5-7H,2-3H3,(H,19,22)/b21-20+. The molecular formula is C14H11N11O2S. The van der Waals surface area contributed by atoms with Crippen LogP contribution in [-0.4, -0.2) is 59.2 Å². The molecule has 4 rings (SSSR count). The van der Waals surface area contributed by atoms with Gasteiger partial charge in [-0.3, -0.25) is 0 Å². The van der Waals surface area contributed by atoms with Gasteiger partial charge in [0.1, 0.15) is 23.4 Å². The first-order chi connectivity index (χ1) is 13.4. The van der Waals surface area contributed by atoms with Crippen LogP contribution in [0.4, 0.5) is 11.5 Å². The fourth-order valence-electron chi connectivity index (χ4n) is 2.38. The number of sulfone groups is 1. The Morgan fingerprint density at radius 3 is 2.64 bits per heavy atom. The summed E-state index contributed by atoms with van der Waals surface area (Å²) in [5.41, 5.74) is 0.835. The number of H-pyrrole nitrogens is 1. The van der Waals surface area contributed by atoms with Crippen LogP contribution in [0, 0.1) is 19.3 Å². The topological polar surface area (TPSA) is 161 Å². The first-order valence-corrected chi connectivity index (χ1v) is 9.52. The highest BCUT2D eigenvalue weighted by Gasteiger charge is 2.22. The van der Waals surface area contributed by atoms with Crippen molar-refractivity contribution < 1.29 is 8.42 Å². The molecule has 14 heteroatoms. The molecule has 0 spiro atoms. The molecule has 0 aliphatic rings. The van der Waals surface area contributed by atoms with Crippen LogP contribution in [0.5, 0.6) is 0 Å². The minimum Gasteiger partial charge on any atom is -0.324 e. The third-order valence-corrected chi connectivity index (χ3v) is 4.64. The fourth-order valence-corrected chi connectivity index (χ4v) is 3.07. The van der Waals surface area contributed by atoms with E-state index in [0.29, 0.717) is 11.5 Å². The molecule has 0 saturated carbocycles. The number of nitrogens with zero attached hydrogens (tertiary/aromatic N) is 10. The van der Waals surface area contributed by atoms with Gasteiger partial charge in [0.2, 0.25) is 0 Å². The summed E-state index contributed by atoms with van der Waals surface area (Å²) >= 11 is 0. The lowest BCUT2D eigenvalue weighted by Crippen LogP contribution is -2.03. The van der Waals surface area contributed by atoms with E-state index in [0.717, 1.165) is 17.1 Å². The summed E-state index contributed by atoms with van der Waals surface area (Å²) in [5.74, 6) is 2.97. The van der Waals surface area contributed by atoms with Crippen molar-refractivity contribution in [2.75, 3.05) is 6.26 Å². The van der Waals surface area contributed by atoms with Crippen LogP contribution in [0.15, 0.2) is 34.0 Å². The van der Waals surface area contributed by atoms with E-state index >= 15 is 0 Å². The summed E-state index contributed by atoms with van der Waals surface area (Å²) in [6.07, 6.45) is 10.1. The van der Waals surface area contributed by atoms with Crippen LogP contribution < -0.4 is 0 Å². The number of aromatic amines is 1. The van der Waals surface area contributed by atoms with E-state index in [1.807, 2.05) is 0 Å². The second-order valence-corrected chi connectivity index (χ2v) is 7.53. The van der Waals surface area contributed by atoms with E-state index < -0.39 is 9.84 Å². The molecule has 0 saturated heterocycles. The van der Waals surface area contributed by atoms with Gasteiger partial charge in [-0.1, -0.05) is 0 Å². The zero-order valence-corrected chi connectivity index (χ0v) is 15.3. The number of azo groups is 1. The zero-order chi connectivity index (χ0) is 19.9. The number of hydrogen-bond donors (Lipinski definition) is 1. The molecule has 13 nitrogen and oxygen atoms in total. The molecule has 4 aromatic rings. The third kappa shape index (κ3) is 2.89. The van der Waals surface area contributed by atoms with Crippen molar-refractivity contribution in [3.63, 3.8) is 0 Å². The van der Waals surface area contributed by atoms with Crippen LogP contribution in [-0.2, 0) is 9.84 Å². The summed E-state index contributed by atoms with van der Waals surface area (Å²) in [4.78, 5) is 14.4. The summed E-state index contributed by atoms with van der Waals surface area (Å²) in [7, 11) is -3.66. The lowest BCUT2D eigenvalue weighted by atomic mass is 10.4. The predicted molar refractivity (Wildman–Crippen MR) is 94.2 cm³/mol. The molecule has 28 heavy (non-hydrogen) atoms. The second kappa shape index (κ2) is 6.32. The van der Waals surface area contributed by atoms with Crippen molar-refractivity contribution in [3.05, 3.63) is 30.4 Å². The molecule has 1 N–H and O–H groups in total. The lowest BCUT2D eigenvalue weighted by Gasteiger charge is -2.01. The molecule has 140 valence electrons. The molecule has 0 aliphatic heterocycles. The molecule has 0 radical (unpaired) electrons. The number of aromatic nitrogens is 9. The van der Waals surface area contributed by atoms with Gasteiger partial charge in [0.15, 0.2) is 32.7 Å². The van der Waals surface area contributed by atoms with Crippen LogP contribution in [0.2, 0.25) is 0 Å². The van der Waals surface area contributed by atoms with Crippen molar-refractivity contribution in [1.82, 2.24) is 44.5 Å². The number of nitrogens with one attached hydrogen (secondary N) is 1. The second-order valence-electron chi connectivity index (χ2n) is 5.54. The van der Waals surface area contributed by atoms with Crippen LogP contribution in [0.25, 0.3) is 11.6 Å². The molecular weight excluding hydrogens is 386 g/mol. The van der Waals surface area contributed by atoms with Crippen molar-refractivity contribution >= 4 is 27.0 Å². The molecule has 0 bridgehead atoms. The first-order valence-electron chi connectivity index (χ1n) is 7.63. The van der Waals surface area contributed by atoms with E-state index in [1.165, 1.54) is 17.3 Å². The van der Waals surface area contributed by atoms with Crippen LogP contribution >= 0.6 is 0 Å². The SMILES string of the molecule is C#Cc1nn2nc(C)[nH]c2c1/N=N/c1c(S(C)(=O)=O)cnn1-c1ncncn1. The highest BCUT2D eigenvalue weighted by atomic mass is 32.2. The van der Waals surface area contributed by atoms with Crippen LogP contribution in [0.3, 0.4) is 0 Å². The van der Waals surface area contributed by atoms with Gasteiger partial charge in [0, 0.05) is 6.26 Å². The molecule has 0 amide bonds. The van der Waals surface area contributed by atoms with Gasteiger partial charge in [0.05, 0.1) is 6.20 Å². The Labute approximate surface area is 157 Å². The average Bonchev–Trinajstić information content (AvgIpc) is 3.32. The summed E-state index contributed by atoms with van der Waals surface area (Å²) in [5, 5.41) is 20.4. The summed E-state index contributed by atoms with van der Waals surface area (Å²) in [6, 6.07) is 0. The van der Waals surface area contributed by atoms with E-state index in [9.17, 15) is 8.42 Å². The average molecular weight is 397 g/mol. The Kier molecular flexibility index (Phi) is 3.93. The lowest BCUT2D eigenvalue weighted by molar-refractivity contribution is 0.602. The maximum Gasteiger partial charge on any atom is 0.255 e. The molecule has 0 unspecified atom stereocenters. The largest absolute Gasteiger partial charge is 0.324 e. The quantitative estimate of drug-likeness (QED) is 0.385. The van der Waals surface area contributed by atoms with Gasteiger partial charge in [-0.05, 0) is 12.8 Å². The van der Waals surface area contributed by atoms with E-state index in [-0.39, 0.29) is 28.0 Å². The maximum atomic E-state index is 12.1. The molecule has 0 fully saturated rings. The first kappa shape index (κ1) is 17.4. The number of terminal acetylenes is 1. The van der Waals surface area contributed by atoms with Gasteiger partial charge >= 0.3 is 0 Å². The molecule has 0 aromatic carbocycles. The number of fused-ring (bicyclic) bond motifs is 1. The van der Waals surface area contributed by atoms with E-state index in [1.54, 1.807) is 6.92 Å². The number of rotatable bonds is 4. The van der Waals surface area contributed by atoms with Crippen molar-refractivity contribution in [1.29, 1.82) is 0 Å². The van der Waals surface area contributed by atoms with Gasteiger partial charge in [-0.2, -0.15) is 19.7 Å². The summed E-state index contributed by atoms with van der Waals surface area (Å²) < 4.78 is 26.7. The Balaban J connectivity index is 1.91. The highest BCUT2D eigenvalue weighted by Crippen LogP contribution is 2.30. The zero-order valence-electron chi connectivity index (χ0n) is 14.5. The Hall–Kier alpha value is -3.99. The van der Waals surface area contributed by atoms with Crippen molar-refractivity contribution in [3.8, 4) is 18.3 Å². The van der Waals surface area contributed by atoms with Gasteiger partial charge in [0.25, 0.3) is 5.95 Å². The Morgan fingerprint density at radius 1 is 1.21 bits per heavy atom. The minimum absolute atomic E-state index is 0.0774. The smallest absolute Gasteiger partial charge is 0.255 e. The number of aryl methyl sites for hydroxylation is 1. The highest BCUT2D eigenvalue weighted by molar-refractivity contribution is 7.90. The normalized spacial score (nSPS) is 12.0. The fraction of sp³-hybridized carbons (Fsp3) is 0.143. The van der Waals surface area contributed by atoms with Gasteiger partial charge < -0.3 is 4.98 Å². The monoisotopic (exact) mass is 397 g/mol. The summed E-state index contributed by atoms with van der Waals surface area (Å²) in [6.45, 7) is 1.74. The molecule has 4 aromatic heterocycles. The maximum absolute atomic E-state index is 12.1. The van der Waals surface area contributed by atoms with Gasteiger partial charge in [-0.25, -0.2) is 13.4 Å². The van der Waals surface area contributed by atoms with E-state index in [4.69, 9.17) is 6.42 Å². The van der Waals surface area contributed by atoms with Crippen molar-refractivity contribution in [2.24, 2.45) is 10.2 Å². The Bertz CT molecular complexity index is 1360. The molecule has 0 atom stereocenters. The third-order valence-electron chi connectivity index (χ3n) is 3.55. The Morgan fingerprint density at radius 2 is 1.96 bits per heavy atom. The number of hydrogen-bond acceptors (Lipinski definition) is 10. The van der Waals surface area contributed by atoms with E-state index in [2.05, 4.69) is 51.4 Å². The van der Waals surface area contributed by atoms with Crippen molar-refractivity contribution in [2.45, 2.75) is 11.8 Å². The molecule has 4 heterocycles. The van der Waals surface area contributed by atoms with Crippen LogP contribution in [0.1, 0.15) is 11.5 Å². The van der Waals surface area contributed by atoms with Gasteiger partial charge in [-0.15, -0.1) is 31.5 Å². The molecule has 0 aliphatic carbocycles.